The van der Waals surface area contributed by atoms with Crippen LogP contribution in [0.25, 0.3) is 27.9 Å². The zero-order chi connectivity index (χ0) is 25.4. The summed E-state index contributed by atoms with van der Waals surface area (Å²) >= 11 is 6.04. The van der Waals surface area contributed by atoms with Gasteiger partial charge in [-0.3, -0.25) is 9.97 Å². The molecular formula is C24H13ClF3N7O. The molecular weight excluding hydrogens is 495 g/mol. The topological polar surface area (TPSA) is 102 Å². The second-order valence-electron chi connectivity index (χ2n) is 7.74. The molecule has 0 atom stereocenters. The highest BCUT2D eigenvalue weighted by Gasteiger charge is 2.32. The van der Waals surface area contributed by atoms with Gasteiger partial charge in [0.2, 0.25) is 0 Å². The largest absolute Gasteiger partial charge is 0.433 e. The Hall–Kier alpha value is -4.56. The van der Waals surface area contributed by atoms with Gasteiger partial charge >= 0.3 is 11.9 Å². The Balaban J connectivity index is 1.68. The Morgan fingerprint density at radius 1 is 1.00 bits per heavy atom. The summed E-state index contributed by atoms with van der Waals surface area (Å²) in [6, 6.07) is 12.7. The minimum absolute atomic E-state index is 0.125. The maximum atomic E-state index is 13.1. The minimum atomic E-state index is -4.57. The zero-order valence-electron chi connectivity index (χ0n) is 18.1. The zero-order valence-corrected chi connectivity index (χ0v) is 18.9. The average Bonchev–Trinajstić information content (AvgIpc) is 3.18. The molecule has 0 fully saturated rings. The van der Waals surface area contributed by atoms with Crippen molar-refractivity contribution in [1.29, 1.82) is 5.26 Å². The Labute approximate surface area is 205 Å². The van der Waals surface area contributed by atoms with Crippen LogP contribution in [-0.4, -0.2) is 29.4 Å². The summed E-state index contributed by atoms with van der Waals surface area (Å²) < 4.78 is 40.7. The standard InChI is InChI=1S/C24H13ClF3N7O/c25-18-4-2-16(3-5-18)19-12-32-35-22(21(19)17-7-15(8-29)9-30-11-17)33-34(23(35)36)13-14-1-6-20(31-10-14)24(26,27)28/h1-7,9-12H,13H2. The van der Waals surface area contributed by atoms with E-state index in [1.54, 1.807) is 36.5 Å². The summed E-state index contributed by atoms with van der Waals surface area (Å²) in [4.78, 5) is 20.6. The second kappa shape index (κ2) is 8.90. The molecule has 0 aliphatic carbocycles. The lowest BCUT2D eigenvalue weighted by Crippen LogP contribution is -2.23. The molecule has 0 saturated heterocycles. The third-order valence-corrected chi connectivity index (χ3v) is 5.62. The van der Waals surface area contributed by atoms with Gasteiger partial charge in [0.25, 0.3) is 0 Å². The van der Waals surface area contributed by atoms with Crippen LogP contribution in [0.3, 0.4) is 0 Å². The number of pyridine rings is 2. The van der Waals surface area contributed by atoms with Crippen LogP contribution in [0.15, 0.2) is 72.0 Å². The van der Waals surface area contributed by atoms with Gasteiger partial charge in [0.15, 0.2) is 5.65 Å². The maximum Gasteiger partial charge on any atom is 0.433 e. The van der Waals surface area contributed by atoms with E-state index in [0.29, 0.717) is 32.8 Å². The molecule has 0 amide bonds. The van der Waals surface area contributed by atoms with E-state index in [2.05, 4.69) is 20.2 Å². The van der Waals surface area contributed by atoms with E-state index in [1.165, 1.54) is 18.5 Å². The van der Waals surface area contributed by atoms with E-state index in [1.807, 2.05) is 6.07 Å². The number of benzene rings is 1. The lowest BCUT2D eigenvalue weighted by molar-refractivity contribution is -0.141. The third-order valence-electron chi connectivity index (χ3n) is 5.37. The van der Waals surface area contributed by atoms with Gasteiger partial charge in [0, 0.05) is 40.3 Å². The first-order valence-corrected chi connectivity index (χ1v) is 10.7. The van der Waals surface area contributed by atoms with Gasteiger partial charge in [-0.1, -0.05) is 29.8 Å². The highest BCUT2D eigenvalue weighted by Crippen LogP contribution is 2.34. The fraction of sp³-hybridized carbons (Fsp3) is 0.0833. The van der Waals surface area contributed by atoms with Crippen molar-refractivity contribution in [2.75, 3.05) is 0 Å². The maximum absolute atomic E-state index is 13.1. The fourth-order valence-electron chi connectivity index (χ4n) is 3.69. The average molecular weight is 508 g/mol. The summed E-state index contributed by atoms with van der Waals surface area (Å²) in [6.45, 7) is -0.125. The lowest BCUT2D eigenvalue weighted by Gasteiger charge is -2.10. The molecule has 1 aromatic carbocycles. The van der Waals surface area contributed by atoms with Gasteiger partial charge in [0.05, 0.1) is 18.3 Å². The number of rotatable bonds is 4. The van der Waals surface area contributed by atoms with Crippen LogP contribution in [0.4, 0.5) is 13.2 Å². The summed E-state index contributed by atoms with van der Waals surface area (Å²) in [6.07, 6.45) is 0.928. The first-order chi connectivity index (χ1) is 17.2. The summed E-state index contributed by atoms with van der Waals surface area (Å²) in [7, 11) is 0. The number of alkyl halides is 3. The van der Waals surface area contributed by atoms with E-state index < -0.39 is 17.6 Å². The lowest BCUT2D eigenvalue weighted by atomic mass is 9.97. The Morgan fingerprint density at radius 3 is 2.44 bits per heavy atom. The monoisotopic (exact) mass is 507 g/mol. The van der Waals surface area contributed by atoms with Crippen LogP contribution in [0.2, 0.25) is 5.02 Å². The smallest absolute Gasteiger partial charge is 0.263 e. The van der Waals surface area contributed by atoms with E-state index in [9.17, 15) is 23.2 Å². The number of nitrogens with zero attached hydrogens (tertiary/aromatic N) is 7. The molecule has 178 valence electrons. The van der Waals surface area contributed by atoms with Gasteiger partial charge in [-0.2, -0.15) is 28.0 Å². The van der Waals surface area contributed by atoms with Gasteiger partial charge in [-0.15, -0.1) is 5.10 Å². The quantitative estimate of drug-likeness (QED) is 0.352. The van der Waals surface area contributed by atoms with Crippen molar-refractivity contribution < 1.29 is 13.2 Å². The summed E-state index contributed by atoms with van der Waals surface area (Å²) in [5.74, 6) is 0. The number of hydrogen-bond donors (Lipinski definition) is 0. The predicted molar refractivity (Wildman–Crippen MR) is 124 cm³/mol. The van der Waals surface area contributed by atoms with Crippen molar-refractivity contribution in [2.45, 2.75) is 12.7 Å². The van der Waals surface area contributed by atoms with Crippen molar-refractivity contribution >= 4 is 17.2 Å². The van der Waals surface area contributed by atoms with E-state index >= 15 is 0 Å². The van der Waals surface area contributed by atoms with Gasteiger partial charge in [0.1, 0.15) is 11.8 Å². The number of fused-ring (bicyclic) bond motifs is 1. The molecule has 0 unspecified atom stereocenters. The molecule has 12 heteroatoms. The number of halogens is 4. The molecule has 4 aromatic heterocycles. The van der Waals surface area contributed by atoms with E-state index in [0.717, 1.165) is 27.0 Å². The SMILES string of the molecule is N#Cc1cncc(-c2c(-c3ccc(Cl)cc3)cnn3c(=O)n(Cc4ccc(C(F)(F)F)nc4)nc23)c1. The molecule has 0 bridgehead atoms. The Kier molecular flexibility index (Phi) is 5.74. The summed E-state index contributed by atoms with van der Waals surface area (Å²) in [5, 5.41) is 18.6. The summed E-state index contributed by atoms with van der Waals surface area (Å²) in [5.41, 5.74) is 1.59. The molecule has 0 radical (unpaired) electrons. The first kappa shape index (κ1) is 23.2. The van der Waals surface area contributed by atoms with E-state index in [-0.39, 0.29) is 12.2 Å². The highest BCUT2D eigenvalue weighted by molar-refractivity contribution is 6.30. The molecule has 8 nitrogen and oxygen atoms in total. The first-order valence-electron chi connectivity index (χ1n) is 10.4. The molecule has 0 N–H and O–H groups in total. The molecule has 0 aliphatic rings. The third kappa shape index (κ3) is 4.30. The minimum Gasteiger partial charge on any atom is -0.263 e. The molecule has 5 aromatic rings. The van der Waals surface area contributed by atoms with Crippen LogP contribution >= 0.6 is 11.6 Å². The second-order valence-corrected chi connectivity index (χ2v) is 8.18. The van der Waals surface area contributed by atoms with Crippen molar-refractivity contribution in [3.63, 3.8) is 0 Å². The molecule has 0 spiro atoms. The molecule has 0 saturated carbocycles. The van der Waals surface area contributed by atoms with Crippen LogP contribution in [0.5, 0.6) is 0 Å². The highest BCUT2D eigenvalue weighted by atomic mass is 35.5. The molecule has 5 rings (SSSR count). The van der Waals surface area contributed by atoms with Crippen LogP contribution < -0.4 is 5.69 Å². The molecule has 36 heavy (non-hydrogen) atoms. The predicted octanol–water partition coefficient (Wildman–Crippen LogP) is 4.61. The number of hydrogen-bond acceptors (Lipinski definition) is 6. The molecule has 4 heterocycles. The molecule has 0 aliphatic heterocycles. The normalized spacial score (nSPS) is 11.5. The van der Waals surface area contributed by atoms with Crippen LogP contribution in [-0.2, 0) is 12.7 Å². The number of nitriles is 1. The Bertz CT molecular complexity index is 1690. The van der Waals surface area contributed by atoms with Crippen molar-refractivity contribution in [1.82, 2.24) is 29.4 Å². The van der Waals surface area contributed by atoms with Gasteiger partial charge in [-0.05, 0) is 35.4 Å². The Morgan fingerprint density at radius 2 is 1.78 bits per heavy atom. The van der Waals surface area contributed by atoms with Crippen molar-refractivity contribution in [3.05, 3.63) is 99.6 Å². The fourth-order valence-corrected chi connectivity index (χ4v) is 3.82. The number of aromatic nitrogens is 6. The van der Waals surface area contributed by atoms with Gasteiger partial charge in [-0.25, -0.2) is 9.48 Å². The van der Waals surface area contributed by atoms with Gasteiger partial charge < -0.3 is 0 Å². The van der Waals surface area contributed by atoms with Crippen LogP contribution in [0, 0.1) is 11.3 Å². The van der Waals surface area contributed by atoms with Crippen molar-refractivity contribution in [3.8, 4) is 28.3 Å². The van der Waals surface area contributed by atoms with Crippen LogP contribution in [0.1, 0.15) is 16.8 Å². The van der Waals surface area contributed by atoms with E-state index in [4.69, 9.17) is 11.6 Å². The van der Waals surface area contributed by atoms with Crippen molar-refractivity contribution in [2.24, 2.45) is 0 Å².